The molecule has 0 fully saturated rings. The highest BCUT2D eigenvalue weighted by atomic mass is 79.9. The average Bonchev–Trinajstić information content (AvgIpc) is 2.17. The molecule has 15 heavy (non-hydrogen) atoms. The minimum absolute atomic E-state index is 0.983. The molecular formula is C12H18BrNO. The van der Waals surface area contributed by atoms with Crippen molar-refractivity contribution < 1.29 is 4.74 Å². The van der Waals surface area contributed by atoms with Crippen LogP contribution < -0.4 is 4.74 Å². The quantitative estimate of drug-likeness (QED) is 0.817. The van der Waals surface area contributed by atoms with Gasteiger partial charge in [-0.1, -0.05) is 15.9 Å². The molecule has 0 N–H and O–H groups in total. The maximum absolute atomic E-state index is 5.32. The zero-order valence-corrected chi connectivity index (χ0v) is 11.2. The summed E-state index contributed by atoms with van der Waals surface area (Å²) in [6, 6.07) is 6.15. The van der Waals surface area contributed by atoms with E-state index in [1.165, 1.54) is 5.56 Å². The van der Waals surface area contributed by atoms with E-state index in [0.717, 1.165) is 29.6 Å². The van der Waals surface area contributed by atoms with Gasteiger partial charge in [-0.15, -0.1) is 0 Å². The van der Waals surface area contributed by atoms with Crippen molar-refractivity contribution in [2.45, 2.75) is 12.8 Å². The van der Waals surface area contributed by atoms with Crippen LogP contribution in [0, 0.1) is 0 Å². The lowest BCUT2D eigenvalue weighted by molar-refractivity contribution is 0.391. The molecule has 0 aromatic heterocycles. The van der Waals surface area contributed by atoms with E-state index in [2.05, 4.69) is 41.0 Å². The molecule has 0 radical (unpaired) electrons. The Morgan fingerprint density at radius 2 is 2.07 bits per heavy atom. The van der Waals surface area contributed by atoms with E-state index in [1.807, 2.05) is 12.1 Å². The molecule has 0 spiro atoms. The van der Waals surface area contributed by atoms with Crippen LogP contribution in [0.1, 0.15) is 12.0 Å². The number of ether oxygens (including phenoxy) is 1. The number of rotatable bonds is 5. The van der Waals surface area contributed by atoms with Gasteiger partial charge in [0.2, 0.25) is 0 Å². The first-order valence-corrected chi connectivity index (χ1v) is 5.90. The van der Waals surface area contributed by atoms with Crippen LogP contribution in [0.5, 0.6) is 5.75 Å². The van der Waals surface area contributed by atoms with Crippen LogP contribution >= 0.6 is 15.9 Å². The van der Waals surface area contributed by atoms with Gasteiger partial charge in [-0.25, -0.2) is 0 Å². The molecule has 84 valence electrons. The molecule has 0 aliphatic carbocycles. The first kappa shape index (κ1) is 12.5. The van der Waals surface area contributed by atoms with Crippen LogP contribution in [0.3, 0.4) is 0 Å². The van der Waals surface area contributed by atoms with Crippen molar-refractivity contribution >= 4 is 15.9 Å². The monoisotopic (exact) mass is 271 g/mol. The normalized spacial score (nSPS) is 10.7. The molecule has 3 heteroatoms. The van der Waals surface area contributed by atoms with Crippen molar-refractivity contribution in [2.75, 3.05) is 27.7 Å². The zero-order chi connectivity index (χ0) is 11.3. The number of halogens is 1. The van der Waals surface area contributed by atoms with Gasteiger partial charge in [0, 0.05) is 4.47 Å². The van der Waals surface area contributed by atoms with Gasteiger partial charge >= 0.3 is 0 Å². The summed E-state index contributed by atoms with van der Waals surface area (Å²) in [6.45, 7) is 1.11. The lowest BCUT2D eigenvalue weighted by Gasteiger charge is -2.11. The first-order chi connectivity index (χ1) is 7.13. The third kappa shape index (κ3) is 4.22. The molecule has 0 bridgehead atoms. The van der Waals surface area contributed by atoms with Crippen LogP contribution in [0.2, 0.25) is 0 Å². The van der Waals surface area contributed by atoms with Crippen LogP contribution in [0.15, 0.2) is 22.7 Å². The van der Waals surface area contributed by atoms with Gasteiger partial charge in [0.15, 0.2) is 0 Å². The van der Waals surface area contributed by atoms with Crippen molar-refractivity contribution in [3.05, 3.63) is 28.2 Å². The van der Waals surface area contributed by atoms with Gasteiger partial charge in [0.25, 0.3) is 0 Å². The third-order valence-electron chi connectivity index (χ3n) is 2.29. The Kier molecular flexibility index (Phi) is 5.12. The molecule has 0 atom stereocenters. The van der Waals surface area contributed by atoms with Crippen LogP contribution in [0.4, 0.5) is 0 Å². The molecule has 1 aromatic carbocycles. The summed E-state index contributed by atoms with van der Waals surface area (Å²) in [5, 5.41) is 0. The lowest BCUT2D eigenvalue weighted by atomic mass is 10.1. The third-order valence-corrected chi connectivity index (χ3v) is 2.79. The molecule has 0 amide bonds. The second kappa shape index (κ2) is 6.13. The van der Waals surface area contributed by atoms with Crippen molar-refractivity contribution in [2.24, 2.45) is 0 Å². The Morgan fingerprint density at radius 3 is 2.67 bits per heavy atom. The standard InChI is InChI=1S/C12H18BrNO/c1-14(2)8-4-5-10-9-11(13)6-7-12(10)15-3/h6-7,9H,4-5,8H2,1-3H3. The maximum atomic E-state index is 5.32. The fraction of sp³-hybridized carbons (Fsp3) is 0.500. The molecule has 0 aliphatic rings. The molecule has 1 rings (SSSR count). The average molecular weight is 272 g/mol. The number of nitrogens with zero attached hydrogens (tertiary/aromatic N) is 1. The molecule has 0 aliphatic heterocycles. The summed E-state index contributed by atoms with van der Waals surface area (Å²) in [5.74, 6) is 0.983. The number of methoxy groups -OCH3 is 1. The second-order valence-electron chi connectivity index (χ2n) is 3.86. The van der Waals surface area contributed by atoms with Gasteiger partial charge in [-0.3, -0.25) is 0 Å². The van der Waals surface area contributed by atoms with Crippen molar-refractivity contribution in [1.82, 2.24) is 4.90 Å². The molecular weight excluding hydrogens is 254 g/mol. The largest absolute Gasteiger partial charge is 0.496 e. The summed E-state index contributed by atoms with van der Waals surface area (Å²) in [5.41, 5.74) is 1.27. The summed E-state index contributed by atoms with van der Waals surface area (Å²) < 4.78 is 6.44. The lowest BCUT2D eigenvalue weighted by Crippen LogP contribution is -2.13. The molecule has 1 aromatic rings. The van der Waals surface area contributed by atoms with E-state index < -0.39 is 0 Å². The Bertz CT molecular complexity index is 312. The topological polar surface area (TPSA) is 12.5 Å². The Labute approximate surface area is 100 Å². The van der Waals surface area contributed by atoms with Crippen LogP contribution in [-0.4, -0.2) is 32.6 Å². The molecule has 0 heterocycles. The van der Waals surface area contributed by atoms with E-state index in [1.54, 1.807) is 7.11 Å². The van der Waals surface area contributed by atoms with Gasteiger partial charge in [-0.2, -0.15) is 0 Å². The molecule has 2 nitrogen and oxygen atoms in total. The number of hydrogen-bond acceptors (Lipinski definition) is 2. The minimum Gasteiger partial charge on any atom is -0.496 e. The summed E-state index contributed by atoms with van der Waals surface area (Å²) in [4.78, 5) is 2.20. The van der Waals surface area contributed by atoms with E-state index in [9.17, 15) is 0 Å². The molecule has 0 saturated carbocycles. The summed E-state index contributed by atoms with van der Waals surface area (Å²) in [7, 11) is 5.91. The van der Waals surface area contributed by atoms with Gasteiger partial charge in [-0.05, 0) is 57.2 Å². The van der Waals surface area contributed by atoms with Gasteiger partial charge < -0.3 is 9.64 Å². The Hall–Kier alpha value is -0.540. The highest BCUT2D eigenvalue weighted by Crippen LogP contribution is 2.24. The summed E-state index contributed by atoms with van der Waals surface area (Å²) in [6.07, 6.45) is 2.21. The van der Waals surface area contributed by atoms with Crippen molar-refractivity contribution in [3.63, 3.8) is 0 Å². The smallest absolute Gasteiger partial charge is 0.122 e. The second-order valence-corrected chi connectivity index (χ2v) is 4.78. The van der Waals surface area contributed by atoms with Crippen LogP contribution in [0.25, 0.3) is 0 Å². The fourth-order valence-corrected chi connectivity index (χ4v) is 1.94. The highest BCUT2D eigenvalue weighted by Gasteiger charge is 2.03. The summed E-state index contributed by atoms with van der Waals surface area (Å²) >= 11 is 3.48. The number of hydrogen-bond donors (Lipinski definition) is 0. The van der Waals surface area contributed by atoms with Crippen molar-refractivity contribution in [1.29, 1.82) is 0 Å². The Balaban J connectivity index is 2.62. The minimum atomic E-state index is 0.983. The number of benzene rings is 1. The Morgan fingerprint density at radius 1 is 1.33 bits per heavy atom. The molecule has 0 unspecified atom stereocenters. The van der Waals surface area contributed by atoms with Gasteiger partial charge in [0.05, 0.1) is 7.11 Å². The van der Waals surface area contributed by atoms with Crippen LogP contribution in [-0.2, 0) is 6.42 Å². The highest BCUT2D eigenvalue weighted by molar-refractivity contribution is 9.10. The van der Waals surface area contributed by atoms with E-state index in [0.29, 0.717) is 0 Å². The van der Waals surface area contributed by atoms with Gasteiger partial charge in [0.1, 0.15) is 5.75 Å². The van der Waals surface area contributed by atoms with E-state index >= 15 is 0 Å². The van der Waals surface area contributed by atoms with E-state index in [4.69, 9.17) is 4.74 Å². The molecule has 0 saturated heterocycles. The zero-order valence-electron chi connectivity index (χ0n) is 9.59. The predicted molar refractivity (Wildman–Crippen MR) is 67.6 cm³/mol. The predicted octanol–water partition coefficient (Wildman–Crippen LogP) is 2.95. The maximum Gasteiger partial charge on any atom is 0.122 e. The number of aryl methyl sites for hydroxylation is 1. The fourth-order valence-electron chi connectivity index (χ4n) is 1.53. The van der Waals surface area contributed by atoms with Crippen molar-refractivity contribution in [3.8, 4) is 5.75 Å². The van der Waals surface area contributed by atoms with E-state index in [-0.39, 0.29) is 0 Å². The SMILES string of the molecule is COc1ccc(Br)cc1CCCN(C)C. The first-order valence-electron chi connectivity index (χ1n) is 5.10.